The first kappa shape index (κ1) is 11.5. The Morgan fingerprint density at radius 2 is 2.00 bits per heavy atom. The lowest BCUT2D eigenvalue weighted by Gasteiger charge is -2.14. The Bertz CT molecular complexity index is 319. The van der Waals surface area contributed by atoms with Gasteiger partial charge in [0.05, 0.1) is 10.6 Å². The van der Waals surface area contributed by atoms with Gasteiger partial charge in [-0.05, 0) is 53.9 Å². The van der Waals surface area contributed by atoms with Crippen molar-refractivity contribution in [1.82, 2.24) is 0 Å². The number of benzene rings is 1. The van der Waals surface area contributed by atoms with Crippen LogP contribution in [0.25, 0.3) is 0 Å². The third kappa shape index (κ3) is 2.28. The number of hydrogen-bond donors (Lipinski definition) is 2. The molecule has 0 amide bonds. The molecule has 0 fully saturated rings. The number of phenols is 1. The number of aliphatic hydroxyl groups excluding tert-OH is 1. The van der Waals surface area contributed by atoms with Gasteiger partial charge in [-0.3, -0.25) is 0 Å². The van der Waals surface area contributed by atoms with E-state index in [-0.39, 0.29) is 5.75 Å². The highest BCUT2D eigenvalue weighted by molar-refractivity contribution is 9.10. The second-order valence-corrected chi connectivity index (χ2v) is 4.53. The van der Waals surface area contributed by atoms with E-state index in [1.165, 1.54) is 0 Å². The molecule has 0 aliphatic rings. The third-order valence-electron chi connectivity index (χ3n) is 2.40. The maximum absolute atomic E-state index is 9.79. The summed E-state index contributed by atoms with van der Waals surface area (Å²) >= 11 is 3.29. The van der Waals surface area contributed by atoms with Crippen LogP contribution in [0.3, 0.4) is 0 Å². The number of phenolic OH excluding ortho intramolecular Hbond substituents is 1. The molecule has 0 saturated heterocycles. The summed E-state index contributed by atoms with van der Waals surface area (Å²) in [6.45, 7) is 5.67. The molecule has 0 aliphatic carbocycles. The van der Waals surface area contributed by atoms with Crippen LogP contribution in [0.1, 0.15) is 23.6 Å². The minimum atomic E-state index is -0.437. The first-order chi connectivity index (χ1) is 6.43. The van der Waals surface area contributed by atoms with E-state index in [0.717, 1.165) is 16.7 Å². The van der Waals surface area contributed by atoms with Crippen molar-refractivity contribution in [1.29, 1.82) is 0 Å². The molecule has 0 aliphatic heterocycles. The van der Waals surface area contributed by atoms with Gasteiger partial charge in [0, 0.05) is 12.0 Å². The zero-order valence-electron chi connectivity index (χ0n) is 8.63. The van der Waals surface area contributed by atoms with Gasteiger partial charge in [-0.1, -0.05) is 0 Å². The Kier molecular flexibility index (Phi) is 3.56. The number of halogens is 1. The van der Waals surface area contributed by atoms with Crippen LogP contribution in [0.4, 0.5) is 0 Å². The summed E-state index contributed by atoms with van der Waals surface area (Å²) in [5.41, 5.74) is 2.99. The quantitative estimate of drug-likeness (QED) is 0.857. The number of aliphatic hydroxyl groups is 1. The average Bonchev–Trinajstić information content (AvgIpc) is 2.09. The predicted octanol–water partition coefficient (Wildman–Crippen LogP) is 2.69. The van der Waals surface area contributed by atoms with Crippen molar-refractivity contribution < 1.29 is 10.2 Å². The molecule has 0 aromatic heterocycles. The summed E-state index contributed by atoms with van der Waals surface area (Å²) in [4.78, 5) is 0. The Labute approximate surface area is 92.7 Å². The molecule has 78 valence electrons. The summed E-state index contributed by atoms with van der Waals surface area (Å²) < 4.78 is 0.691. The molecule has 2 nitrogen and oxygen atoms in total. The first-order valence-corrected chi connectivity index (χ1v) is 5.38. The first-order valence-electron chi connectivity index (χ1n) is 4.59. The second kappa shape index (κ2) is 4.32. The van der Waals surface area contributed by atoms with Gasteiger partial charge in [0.25, 0.3) is 0 Å². The zero-order valence-corrected chi connectivity index (χ0v) is 10.2. The van der Waals surface area contributed by atoms with E-state index in [0.29, 0.717) is 10.9 Å². The minimum Gasteiger partial charge on any atom is -0.506 e. The molecule has 14 heavy (non-hydrogen) atoms. The standard InChI is InChI=1S/C11H15BrO2/c1-6-4-10(12)11(14)9(8(6)3)5-7(2)13/h4,7,13-14H,5H2,1-3H3. The van der Waals surface area contributed by atoms with E-state index < -0.39 is 6.10 Å². The van der Waals surface area contributed by atoms with Gasteiger partial charge in [0.1, 0.15) is 5.75 Å². The molecular formula is C11H15BrO2. The third-order valence-corrected chi connectivity index (χ3v) is 3.00. The lowest BCUT2D eigenvalue weighted by Crippen LogP contribution is -2.07. The fourth-order valence-electron chi connectivity index (χ4n) is 1.47. The minimum absolute atomic E-state index is 0.244. The number of aromatic hydroxyl groups is 1. The van der Waals surface area contributed by atoms with Gasteiger partial charge in [-0.15, -0.1) is 0 Å². The van der Waals surface area contributed by atoms with Gasteiger partial charge in [0.2, 0.25) is 0 Å². The highest BCUT2D eigenvalue weighted by Crippen LogP contribution is 2.33. The summed E-state index contributed by atoms with van der Waals surface area (Å²) in [5, 5.41) is 19.1. The average molecular weight is 259 g/mol. The lowest BCUT2D eigenvalue weighted by molar-refractivity contribution is 0.194. The number of aryl methyl sites for hydroxylation is 1. The summed E-state index contributed by atoms with van der Waals surface area (Å²) in [5.74, 6) is 0.244. The van der Waals surface area contributed by atoms with Gasteiger partial charge < -0.3 is 10.2 Å². The van der Waals surface area contributed by atoms with Crippen LogP contribution in [-0.4, -0.2) is 16.3 Å². The molecule has 1 aromatic rings. The van der Waals surface area contributed by atoms with Crippen LogP contribution in [0, 0.1) is 13.8 Å². The van der Waals surface area contributed by atoms with Crippen molar-refractivity contribution >= 4 is 15.9 Å². The molecule has 0 heterocycles. The molecule has 0 saturated carbocycles. The predicted molar refractivity (Wildman–Crippen MR) is 60.7 cm³/mol. The monoisotopic (exact) mass is 258 g/mol. The fraction of sp³-hybridized carbons (Fsp3) is 0.455. The van der Waals surface area contributed by atoms with E-state index in [1.807, 2.05) is 19.9 Å². The van der Waals surface area contributed by atoms with Crippen molar-refractivity contribution in [3.8, 4) is 5.75 Å². The molecular weight excluding hydrogens is 244 g/mol. The Hall–Kier alpha value is -0.540. The van der Waals surface area contributed by atoms with Crippen molar-refractivity contribution in [2.24, 2.45) is 0 Å². The van der Waals surface area contributed by atoms with Gasteiger partial charge >= 0.3 is 0 Å². The highest BCUT2D eigenvalue weighted by atomic mass is 79.9. The zero-order chi connectivity index (χ0) is 10.9. The highest BCUT2D eigenvalue weighted by Gasteiger charge is 2.13. The SMILES string of the molecule is Cc1cc(Br)c(O)c(CC(C)O)c1C. The van der Waals surface area contributed by atoms with E-state index in [1.54, 1.807) is 6.92 Å². The molecule has 2 N–H and O–H groups in total. The Morgan fingerprint density at radius 3 is 2.50 bits per heavy atom. The largest absolute Gasteiger partial charge is 0.506 e. The van der Waals surface area contributed by atoms with Crippen LogP contribution < -0.4 is 0 Å². The molecule has 0 bridgehead atoms. The normalized spacial score (nSPS) is 12.9. The molecule has 3 heteroatoms. The lowest BCUT2D eigenvalue weighted by atomic mass is 9.98. The van der Waals surface area contributed by atoms with Crippen LogP contribution in [0.2, 0.25) is 0 Å². The van der Waals surface area contributed by atoms with Crippen LogP contribution in [0.5, 0.6) is 5.75 Å². The topological polar surface area (TPSA) is 40.5 Å². The summed E-state index contributed by atoms with van der Waals surface area (Å²) in [6, 6.07) is 1.89. The van der Waals surface area contributed by atoms with Crippen LogP contribution in [0.15, 0.2) is 10.5 Å². The number of hydrogen-bond acceptors (Lipinski definition) is 2. The van der Waals surface area contributed by atoms with Crippen molar-refractivity contribution in [2.75, 3.05) is 0 Å². The van der Waals surface area contributed by atoms with E-state index >= 15 is 0 Å². The van der Waals surface area contributed by atoms with Crippen molar-refractivity contribution in [2.45, 2.75) is 33.3 Å². The Morgan fingerprint density at radius 1 is 1.43 bits per heavy atom. The molecule has 0 spiro atoms. The van der Waals surface area contributed by atoms with Gasteiger partial charge in [0.15, 0.2) is 0 Å². The summed E-state index contributed by atoms with van der Waals surface area (Å²) in [6.07, 6.45) is 0.0473. The van der Waals surface area contributed by atoms with Gasteiger partial charge in [-0.25, -0.2) is 0 Å². The maximum atomic E-state index is 9.79. The maximum Gasteiger partial charge on any atom is 0.133 e. The van der Waals surface area contributed by atoms with Gasteiger partial charge in [-0.2, -0.15) is 0 Å². The molecule has 0 radical (unpaired) electrons. The van der Waals surface area contributed by atoms with Crippen molar-refractivity contribution in [3.63, 3.8) is 0 Å². The Balaban J connectivity index is 3.25. The smallest absolute Gasteiger partial charge is 0.133 e. The van der Waals surface area contributed by atoms with Crippen LogP contribution in [-0.2, 0) is 6.42 Å². The molecule has 1 aromatic carbocycles. The fourth-order valence-corrected chi connectivity index (χ4v) is 2.05. The molecule has 1 unspecified atom stereocenters. The summed E-state index contributed by atoms with van der Waals surface area (Å²) in [7, 11) is 0. The molecule has 1 rings (SSSR count). The van der Waals surface area contributed by atoms with Crippen molar-refractivity contribution in [3.05, 3.63) is 27.2 Å². The molecule has 1 atom stereocenters. The van der Waals surface area contributed by atoms with E-state index in [4.69, 9.17) is 0 Å². The van der Waals surface area contributed by atoms with Crippen LogP contribution >= 0.6 is 15.9 Å². The second-order valence-electron chi connectivity index (χ2n) is 3.68. The van der Waals surface area contributed by atoms with E-state index in [2.05, 4.69) is 15.9 Å². The number of rotatable bonds is 2. The van der Waals surface area contributed by atoms with E-state index in [9.17, 15) is 10.2 Å².